The van der Waals surface area contributed by atoms with Gasteiger partial charge in [-0.15, -0.1) is 0 Å². The van der Waals surface area contributed by atoms with E-state index in [0.717, 1.165) is 43.6 Å². The molecule has 0 saturated carbocycles. The topological polar surface area (TPSA) is 54.9 Å². The molecule has 0 unspecified atom stereocenters. The maximum Gasteiger partial charge on any atom is 0.341 e. The minimum absolute atomic E-state index is 0.393. The molecule has 0 spiro atoms. The van der Waals surface area contributed by atoms with Gasteiger partial charge in [-0.3, -0.25) is 9.88 Å². The van der Waals surface area contributed by atoms with Crippen LogP contribution in [0.3, 0.4) is 0 Å². The first-order valence-electron chi connectivity index (χ1n) is 8.18. The minimum atomic E-state index is -0.393. The molecule has 0 amide bonds. The highest BCUT2D eigenvalue weighted by Gasteiger charge is 2.17. The van der Waals surface area contributed by atoms with Gasteiger partial charge in [0.05, 0.1) is 12.6 Å². The van der Waals surface area contributed by atoms with Gasteiger partial charge >= 0.3 is 5.97 Å². The Morgan fingerprint density at radius 2 is 2.04 bits per heavy atom. The molecule has 1 aliphatic heterocycles. The summed E-state index contributed by atoms with van der Waals surface area (Å²) in [5, 5.41) is 0.893. The van der Waals surface area contributed by atoms with Crippen LogP contribution in [-0.2, 0) is 4.74 Å². The molecule has 1 aromatic carbocycles. The summed E-state index contributed by atoms with van der Waals surface area (Å²) >= 11 is 0. The highest BCUT2D eigenvalue weighted by Crippen LogP contribution is 2.25. The highest BCUT2D eigenvalue weighted by atomic mass is 16.5. The summed E-state index contributed by atoms with van der Waals surface area (Å²) in [7, 11) is 3.52. The third-order valence-corrected chi connectivity index (χ3v) is 4.37. The quantitative estimate of drug-likeness (QED) is 0.778. The minimum Gasteiger partial charge on any atom is -0.491 e. The van der Waals surface area contributed by atoms with Gasteiger partial charge in [-0.2, -0.15) is 0 Å². The number of pyridine rings is 1. The molecule has 6 heteroatoms. The van der Waals surface area contributed by atoms with Crippen LogP contribution in [0.5, 0.6) is 5.75 Å². The summed E-state index contributed by atoms with van der Waals surface area (Å²) in [5.41, 5.74) is 1.25. The second-order valence-electron chi connectivity index (χ2n) is 6.03. The standard InChI is InChI=1S/C18H23N3O3/c1-20-6-8-21(9-7-20)10-11-24-17-13-16-14(4-3-5-19-16)12-15(17)18(22)23-2/h3-5,12-13H,6-11H2,1-2H3. The number of aromatic nitrogens is 1. The van der Waals surface area contributed by atoms with Crippen LogP contribution in [0.25, 0.3) is 10.9 Å². The fourth-order valence-electron chi connectivity index (χ4n) is 2.85. The molecule has 0 bridgehead atoms. The van der Waals surface area contributed by atoms with Crippen molar-refractivity contribution in [3.8, 4) is 5.75 Å². The number of carbonyl (C=O) groups is 1. The fraction of sp³-hybridized carbons (Fsp3) is 0.444. The van der Waals surface area contributed by atoms with E-state index < -0.39 is 5.97 Å². The average molecular weight is 329 g/mol. The predicted molar refractivity (Wildman–Crippen MR) is 92.5 cm³/mol. The normalized spacial score (nSPS) is 16.2. The number of ether oxygens (including phenoxy) is 2. The number of esters is 1. The van der Waals surface area contributed by atoms with Crippen LogP contribution < -0.4 is 4.74 Å². The van der Waals surface area contributed by atoms with E-state index in [1.54, 1.807) is 12.3 Å². The third kappa shape index (κ3) is 3.83. The maximum absolute atomic E-state index is 12.0. The lowest BCUT2D eigenvalue weighted by molar-refractivity contribution is 0.0595. The highest BCUT2D eigenvalue weighted by molar-refractivity contribution is 5.97. The van der Waals surface area contributed by atoms with Crippen LogP contribution in [0.2, 0.25) is 0 Å². The van der Waals surface area contributed by atoms with Crippen molar-refractivity contribution < 1.29 is 14.3 Å². The molecule has 1 aliphatic rings. The molecule has 6 nitrogen and oxygen atoms in total. The van der Waals surface area contributed by atoms with Crippen molar-refractivity contribution in [1.82, 2.24) is 14.8 Å². The van der Waals surface area contributed by atoms with Gasteiger partial charge in [-0.25, -0.2) is 4.79 Å². The van der Waals surface area contributed by atoms with Crippen LogP contribution in [0.1, 0.15) is 10.4 Å². The van der Waals surface area contributed by atoms with E-state index in [4.69, 9.17) is 9.47 Å². The summed E-state index contributed by atoms with van der Waals surface area (Å²) in [6, 6.07) is 7.35. The SMILES string of the molecule is COC(=O)c1cc2cccnc2cc1OCCN1CCN(C)CC1. The molecule has 2 heterocycles. The molecule has 2 aromatic rings. The van der Waals surface area contributed by atoms with Crippen molar-refractivity contribution >= 4 is 16.9 Å². The van der Waals surface area contributed by atoms with Crippen LogP contribution in [-0.4, -0.2) is 74.2 Å². The first-order valence-corrected chi connectivity index (χ1v) is 8.18. The fourth-order valence-corrected chi connectivity index (χ4v) is 2.85. The predicted octanol–water partition coefficient (Wildman–Crippen LogP) is 1.65. The lowest BCUT2D eigenvalue weighted by atomic mass is 10.1. The smallest absolute Gasteiger partial charge is 0.341 e. The van der Waals surface area contributed by atoms with Crippen LogP contribution in [0.4, 0.5) is 0 Å². The van der Waals surface area contributed by atoms with Crippen molar-refractivity contribution in [2.45, 2.75) is 0 Å². The number of benzene rings is 1. The number of carbonyl (C=O) groups excluding carboxylic acids is 1. The number of hydrogen-bond donors (Lipinski definition) is 0. The molecule has 3 rings (SSSR count). The number of likely N-dealkylation sites (N-methyl/N-ethyl adjacent to an activating group) is 1. The molecule has 128 valence electrons. The molecule has 0 atom stereocenters. The first-order chi connectivity index (χ1) is 11.7. The zero-order valence-corrected chi connectivity index (χ0v) is 14.2. The summed E-state index contributed by atoms with van der Waals surface area (Å²) in [4.78, 5) is 21.1. The molecule has 1 fully saturated rings. The Labute approximate surface area is 142 Å². The van der Waals surface area contributed by atoms with Gasteiger partial charge in [0.1, 0.15) is 17.9 Å². The van der Waals surface area contributed by atoms with E-state index in [1.165, 1.54) is 7.11 Å². The van der Waals surface area contributed by atoms with Crippen molar-refractivity contribution in [3.63, 3.8) is 0 Å². The Kier molecular flexibility index (Phi) is 5.27. The van der Waals surface area contributed by atoms with Crippen molar-refractivity contribution in [3.05, 3.63) is 36.0 Å². The first kappa shape index (κ1) is 16.7. The monoisotopic (exact) mass is 329 g/mol. The van der Waals surface area contributed by atoms with Gasteiger partial charge in [-0.1, -0.05) is 6.07 Å². The number of methoxy groups -OCH3 is 1. The molecule has 0 aliphatic carbocycles. The van der Waals surface area contributed by atoms with Crippen LogP contribution in [0.15, 0.2) is 30.5 Å². The molecular weight excluding hydrogens is 306 g/mol. The largest absolute Gasteiger partial charge is 0.491 e. The van der Waals surface area contributed by atoms with Gasteiger partial charge in [0.15, 0.2) is 0 Å². The number of hydrogen-bond acceptors (Lipinski definition) is 6. The van der Waals surface area contributed by atoms with Crippen molar-refractivity contribution in [2.24, 2.45) is 0 Å². The van der Waals surface area contributed by atoms with Crippen molar-refractivity contribution in [2.75, 3.05) is 53.5 Å². The summed E-state index contributed by atoms with van der Waals surface area (Å²) < 4.78 is 10.8. The van der Waals surface area contributed by atoms with Gasteiger partial charge in [0.2, 0.25) is 0 Å². The van der Waals surface area contributed by atoms with Gasteiger partial charge in [-0.05, 0) is 19.2 Å². The average Bonchev–Trinajstić information content (AvgIpc) is 2.62. The third-order valence-electron chi connectivity index (χ3n) is 4.37. The van der Waals surface area contributed by atoms with E-state index in [0.29, 0.717) is 17.9 Å². The van der Waals surface area contributed by atoms with Gasteiger partial charge in [0.25, 0.3) is 0 Å². The summed E-state index contributed by atoms with van der Waals surface area (Å²) in [6.07, 6.45) is 1.73. The van der Waals surface area contributed by atoms with E-state index in [-0.39, 0.29) is 0 Å². The Bertz CT molecular complexity index is 712. The van der Waals surface area contributed by atoms with Gasteiger partial charge < -0.3 is 14.4 Å². The zero-order chi connectivity index (χ0) is 16.9. The maximum atomic E-state index is 12.0. The number of rotatable bonds is 5. The van der Waals surface area contributed by atoms with E-state index in [1.807, 2.05) is 18.2 Å². The molecule has 24 heavy (non-hydrogen) atoms. The summed E-state index contributed by atoms with van der Waals surface area (Å²) in [6.45, 7) is 5.62. The van der Waals surface area contributed by atoms with E-state index in [9.17, 15) is 4.79 Å². The Morgan fingerprint density at radius 1 is 1.25 bits per heavy atom. The van der Waals surface area contributed by atoms with Crippen LogP contribution >= 0.6 is 0 Å². The van der Waals surface area contributed by atoms with Crippen LogP contribution in [0, 0.1) is 0 Å². The lowest BCUT2D eigenvalue weighted by Crippen LogP contribution is -2.45. The molecule has 0 radical (unpaired) electrons. The number of piperazine rings is 1. The Hall–Kier alpha value is -2.18. The molecular formula is C18H23N3O3. The number of nitrogens with zero attached hydrogens (tertiary/aromatic N) is 3. The van der Waals surface area contributed by atoms with E-state index in [2.05, 4.69) is 21.8 Å². The molecule has 0 N–H and O–H groups in total. The van der Waals surface area contributed by atoms with Gasteiger partial charge in [0, 0.05) is 50.4 Å². The Balaban J connectivity index is 1.71. The lowest BCUT2D eigenvalue weighted by Gasteiger charge is -2.32. The zero-order valence-electron chi connectivity index (χ0n) is 14.2. The number of fused-ring (bicyclic) bond motifs is 1. The molecule has 1 aromatic heterocycles. The summed E-state index contributed by atoms with van der Waals surface area (Å²) in [5.74, 6) is 0.137. The Morgan fingerprint density at radius 3 is 2.79 bits per heavy atom. The molecule has 1 saturated heterocycles. The second kappa shape index (κ2) is 7.59. The second-order valence-corrected chi connectivity index (χ2v) is 6.03. The van der Waals surface area contributed by atoms with E-state index >= 15 is 0 Å². The van der Waals surface area contributed by atoms with Crippen molar-refractivity contribution in [1.29, 1.82) is 0 Å².